The van der Waals surface area contributed by atoms with E-state index in [0.717, 1.165) is 21.3 Å². The summed E-state index contributed by atoms with van der Waals surface area (Å²) >= 11 is 3.36. The van der Waals surface area contributed by atoms with Crippen molar-refractivity contribution in [3.8, 4) is 5.75 Å². The zero-order valence-corrected chi connectivity index (χ0v) is 12.0. The summed E-state index contributed by atoms with van der Waals surface area (Å²) in [6.07, 6.45) is 0. The monoisotopic (exact) mass is 320 g/mol. The van der Waals surface area contributed by atoms with Crippen LogP contribution >= 0.6 is 15.9 Å². The molecule has 0 aromatic heterocycles. The van der Waals surface area contributed by atoms with Gasteiger partial charge in [-0.3, -0.25) is 0 Å². The number of benzene rings is 2. The summed E-state index contributed by atoms with van der Waals surface area (Å²) in [5.74, 6) is -0.131. The fourth-order valence-electron chi connectivity index (χ4n) is 1.68. The smallest absolute Gasteiger partial charge is 0.335 e. The van der Waals surface area contributed by atoms with E-state index in [0.29, 0.717) is 12.2 Å². The molecule has 0 saturated heterocycles. The van der Waals surface area contributed by atoms with Crippen molar-refractivity contribution in [3.63, 3.8) is 0 Å². The molecule has 0 spiro atoms. The number of carboxylic acid groups (broad SMARTS) is 1. The van der Waals surface area contributed by atoms with Gasteiger partial charge in [-0.05, 0) is 54.4 Å². The SMILES string of the molecule is Cc1cc(C(=O)O)ccc1COc1ccc(Br)cc1. The summed E-state index contributed by atoms with van der Waals surface area (Å²) in [5, 5.41) is 8.90. The van der Waals surface area contributed by atoms with E-state index in [9.17, 15) is 4.79 Å². The molecule has 3 nitrogen and oxygen atoms in total. The van der Waals surface area contributed by atoms with E-state index in [1.807, 2.05) is 31.2 Å². The molecule has 19 heavy (non-hydrogen) atoms. The zero-order valence-electron chi connectivity index (χ0n) is 10.4. The standard InChI is InChI=1S/C15H13BrO3/c1-10-8-11(15(17)18)2-3-12(10)9-19-14-6-4-13(16)5-7-14/h2-8H,9H2,1H3,(H,17,18). The summed E-state index contributed by atoms with van der Waals surface area (Å²) in [4.78, 5) is 10.8. The largest absolute Gasteiger partial charge is 0.489 e. The molecule has 1 N–H and O–H groups in total. The molecule has 98 valence electrons. The van der Waals surface area contributed by atoms with Gasteiger partial charge in [-0.15, -0.1) is 0 Å². The second-order valence-electron chi connectivity index (χ2n) is 4.19. The highest BCUT2D eigenvalue weighted by molar-refractivity contribution is 9.10. The van der Waals surface area contributed by atoms with Crippen LogP contribution in [0.3, 0.4) is 0 Å². The minimum Gasteiger partial charge on any atom is -0.489 e. The van der Waals surface area contributed by atoms with E-state index in [2.05, 4.69) is 15.9 Å². The van der Waals surface area contributed by atoms with Gasteiger partial charge in [0.15, 0.2) is 0 Å². The van der Waals surface area contributed by atoms with Crippen LogP contribution in [-0.4, -0.2) is 11.1 Å². The van der Waals surface area contributed by atoms with Crippen molar-refractivity contribution < 1.29 is 14.6 Å². The van der Waals surface area contributed by atoms with Gasteiger partial charge in [-0.25, -0.2) is 4.79 Å². The number of hydrogen-bond acceptors (Lipinski definition) is 2. The van der Waals surface area contributed by atoms with Crippen LogP contribution in [-0.2, 0) is 6.61 Å². The van der Waals surface area contributed by atoms with E-state index >= 15 is 0 Å². The topological polar surface area (TPSA) is 46.5 Å². The Labute approximate surface area is 120 Å². The van der Waals surface area contributed by atoms with E-state index in [1.54, 1.807) is 18.2 Å². The number of rotatable bonds is 4. The summed E-state index contributed by atoms with van der Waals surface area (Å²) in [6, 6.07) is 12.6. The average molecular weight is 321 g/mol. The van der Waals surface area contributed by atoms with E-state index in [4.69, 9.17) is 9.84 Å². The van der Waals surface area contributed by atoms with Crippen molar-refractivity contribution in [1.29, 1.82) is 0 Å². The van der Waals surface area contributed by atoms with Crippen LogP contribution in [0.25, 0.3) is 0 Å². The van der Waals surface area contributed by atoms with Gasteiger partial charge >= 0.3 is 5.97 Å². The Hall–Kier alpha value is -1.81. The molecule has 0 aliphatic carbocycles. The van der Waals surface area contributed by atoms with Gasteiger partial charge in [0.1, 0.15) is 12.4 Å². The molecule has 2 aromatic carbocycles. The summed E-state index contributed by atoms with van der Waals surface area (Å²) < 4.78 is 6.66. The highest BCUT2D eigenvalue weighted by atomic mass is 79.9. The fraction of sp³-hybridized carbons (Fsp3) is 0.133. The number of ether oxygens (including phenoxy) is 1. The average Bonchev–Trinajstić information content (AvgIpc) is 2.39. The van der Waals surface area contributed by atoms with Crippen LogP contribution in [0.4, 0.5) is 0 Å². The van der Waals surface area contributed by atoms with Gasteiger partial charge in [0, 0.05) is 4.47 Å². The minimum absolute atomic E-state index is 0.296. The van der Waals surface area contributed by atoms with Crippen LogP contribution in [0.15, 0.2) is 46.9 Å². The maximum Gasteiger partial charge on any atom is 0.335 e. The molecular weight excluding hydrogens is 308 g/mol. The number of carbonyl (C=O) groups is 1. The molecule has 0 bridgehead atoms. The minimum atomic E-state index is -0.913. The van der Waals surface area contributed by atoms with Crippen molar-refractivity contribution in [2.24, 2.45) is 0 Å². The Morgan fingerprint density at radius 1 is 1.21 bits per heavy atom. The first-order valence-electron chi connectivity index (χ1n) is 5.77. The van der Waals surface area contributed by atoms with Gasteiger partial charge in [0.25, 0.3) is 0 Å². The molecule has 2 rings (SSSR count). The Morgan fingerprint density at radius 2 is 1.89 bits per heavy atom. The van der Waals surface area contributed by atoms with Gasteiger partial charge in [0.05, 0.1) is 5.56 Å². The Bertz CT molecular complexity index is 591. The molecule has 0 aliphatic rings. The first-order valence-corrected chi connectivity index (χ1v) is 6.57. The number of aromatic carboxylic acids is 1. The number of halogens is 1. The van der Waals surface area contributed by atoms with Crippen LogP contribution in [0.2, 0.25) is 0 Å². The van der Waals surface area contributed by atoms with Crippen molar-refractivity contribution in [2.45, 2.75) is 13.5 Å². The maximum atomic E-state index is 10.8. The fourth-order valence-corrected chi connectivity index (χ4v) is 1.95. The molecule has 0 saturated carbocycles. The van der Waals surface area contributed by atoms with E-state index in [-0.39, 0.29) is 0 Å². The molecule has 0 radical (unpaired) electrons. The molecule has 2 aromatic rings. The second kappa shape index (κ2) is 5.89. The van der Waals surface area contributed by atoms with Gasteiger partial charge in [-0.2, -0.15) is 0 Å². The predicted molar refractivity (Wildman–Crippen MR) is 76.6 cm³/mol. The first-order chi connectivity index (χ1) is 9.06. The highest BCUT2D eigenvalue weighted by Gasteiger charge is 2.06. The van der Waals surface area contributed by atoms with Crippen LogP contribution in [0.5, 0.6) is 5.75 Å². The van der Waals surface area contributed by atoms with Crippen LogP contribution < -0.4 is 4.74 Å². The van der Waals surface area contributed by atoms with Crippen molar-refractivity contribution in [2.75, 3.05) is 0 Å². The Kier molecular flexibility index (Phi) is 4.22. The van der Waals surface area contributed by atoms with Crippen LogP contribution in [0, 0.1) is 6.92 Å². The van der Waals surface area contributed by atoms with Crippen molar-refractivity contribution in [1.82, 2.24) is 0 Å². The Morgan fingerprint density at radius 3 is 2.47 bits per heavy atom. The summed E-state index contributed by atoms with van der Waals surface area (Å²) in [6.45, 7) is 2.31. The molecule has 0 heterocycles. The lowest BCUT2D eigenvalue weighted by Gasteiger charge is -2.09. The van der Waals surface area contributed by atoms with E-state index < -0.39 is 5.97 Å². The number of aryl methyl sites for hydroxylation is 1. The summed E-state index contributed by atoms with van der Waals surface area (Å²) in [5.41, 5.74) is 2.19. The quantitative estimate of drug-likeness (QED) is 0.924. The lowest BCUT2D eigenvalue weighted by Crippen LogP contribution is -2.01. The lowest BCUT2D eigenvalue weighted by atomic mass is 10.1. The third kappa shape index (κ3) is 3.58. The Balaban J connectivity index is 2.07. The van der Waals surface area contributed by atoms with E-state index in [1.165, 1.54) is 0 Å². The zero-order chi connectivity index (χ0) is 13.8. The number of hydrogen-bond donors (Lipinski definition) is 1. The first kappa shape index (κ1) is 13.6. The van der Waals surface area contributed by atoms with Crippen molar-refractivity contribution >= 4 is 21.9 Å². The molecule has 0 atom stereocenters. The van der Waals surface area contributed by atoms with Gasteiger partial charge in [-0.1, -0.05) is 22.0 Å². The highest BCUT2D eigenvalue weighted by Crippen LogP contribution is 2.19. The van der Waals surface area contributed by atoms with Crippen LogP contribution in [0.1, 0.15) is 21.5 Å². The molecule has 0 aliphatic heterocycles. The second-order valence-corrected chi connectivity index (χ2v) is 5.10. The molecule has 0 unspecified atom stereocenters. The number of carboxylic acids is 1. The van der Waals surface area contributed by atoms with Gasteiger partial charge < -0.3 is 9.84 Å². The van der Waals surface area contributed by atoms with Gasteiger partial charge in [0.2, 0.25) is 0 Å². The molecular formula is C15H13BrO3. The predicted octanol–water partition coefficient (Wildman–Crippen LogP) is 4.03. The lowest BCUT2D eigenvalue weighted by molar-refractivity contribution is 0.0696. The van der Waals surface area contributed by atoms with Crippen molar-refractivity contribution in [3.05, 3.63) is 63.6 Å². The molecule has 4 heteroatoms. The normalized spacial score (nSPS) is 10.2. The summed E-state index contributed by atoms with van der Waals surface area (Å²) in [7, 11) is 0. The molecule has 0 amide bonds. The third-order valence-electron chi connectivity index (χ3n) is 2.80. The third-order valence-corrected chi connectivity index (χ3v) is 3.33. The maximum absolute atomic E-state index is 10.8. The molecule has 0 fully saturated rings.